The highest BCUT2D eigenvalue weighted by Gasteiger charge is 2.08. The molecule has 4 heteroatoms. The van der Waals surface area contributed by atoms with Crippen molar-refractivity contribution in [2.75, 3.05) is 5.73 Å². The van der Waals surface area contributed by atoms with E-state index in [0.717, 1.165) is 42.0 Å². The van der Waals surface area contributed by atoms with Crippen LogP contribution in [0.4, 0.5) is 5.69 Å². The first kappa shape index (κ1) is 9.96. The third kappa shape index (κ3) is 1.67. The van der Waals surface area contributed by atoms with E-state index in [1.165, 1.54) is 0 Å². The third-order valence-corrected chi connectivity index (χ3v) is 2.66. The number of rotatable bonds is 3. The van der Waals surface area contributed by atoms with E-state index in [1.54, 1.807) is 0 Å². The normalized spacial score (nSPS) is 11.1. The summed E-state index contributed by atoms with van der Waals surface area (Å²) in [4.78, 5) is 0. The van der Waals surface area contributed by atoms with Crippen LogP contribution < -0.4 is 5.73 Å². The zero-order valence-electron chi connectivity index (χ0n) is 9.20. The standard InChI is InChI=1S/C11H16N4/c1-3-4-5-9-13-14-11-10(12)8(2)6-7-15(9)11/h6-7H,3-5,12H2,1-2H3. The molecule has 0 saturated heterocycles. The average molecular weight is 204 g/mol. The van der Waals surface area contributed by atoms with Gasteiger partial charge < -0.3 is 5.73 Å². The van der Waals surface area contributed by atoms with Crippen LogP contribution in [0.3, 0.4) is 0 Å². The van der Waals surface area contributed by atoms with E-state index < -0.39 is 0 Å². The molecule has 2 heterocycles. The van der Waals surface area contributed by atoms with Crippen molar-refractivity contribution >= 4 is 11.3 Å². The maximum atomic E-state index is 5.94. The highest BCUT2D eigenvalue weighted by atomic mass is 15.2. The Labute approximate surface area is 89.1 Å². The molecular formula is C11H16N4. The Morgan fingerprint density at radius 1 is 1.40 bits per heavy atom. The number of anilines is 1. The Kier molecular flexibility index (Phi) is 2.58. The van der Waals surface area contributed by atoms with Crippen LogP contribution in [0.5, 0.6) is 0 Å². The van der Waals surface area contributed by atoms with Crippen LogP contribution in [0.15, 0.2) is 12.3 Å². The zero-order valence-corrected chi connectivity index (χ0v) is 9.20. The highest BCUT2D eigenvalue weighted by molar-refractivity contribution is 5.67. The van der Waals surface area contributed by atoms with Crippen LogP contribution in [0.2, 0.25) is 0 Å². The van der Waals surface area contributed by atoms with Crippen LogP contribution in [0.1, 0.15) is 31.2 Å². The lowest BCUT2D eigenvalue weighted by Gasteiger charge is -2.02. The van der Waals surface area contributed by atoms with Gasteiger partial charge in [-0.1, -0.05) is 13.3 Å². The van der Waals surface area contributed by atoms with Crippen molar-refractivity contribution in [3.63, 3.8) is 0 Å². The molecule has 0 amide bonds. The fourth-order valence-electron chi connectivity index (χ4n) is 1.62. The molecule has 0 radical (unpaired) electrons. The summed E-state index contributed by atoms with van der Waals surface area (Å²) in [6.07, 6.45) is 5.25. The molecule has 0 unspecified atom stereocenters. The summed E-state index contributed by atoms with van der Waals surface area (Å²) in [5, 5.41) is 8.29. The van der Waals surface area contributed by atoms with Crippen molar-refractivity contribution in [1.29, 1.82) is 0 Å². The SMILES string of the molecule is CCCCc1nnc2c(N)c(C)ccn12. The minimum atomic E-state index is 0.729. The fraction of sp³-hybridized carbons (Fsp3) is 0.455. The van der Waals surface area contributed by atoms with Crippen LogP contribution in [0, 0.1) is 6.92 Å². The second kappa shape index (κ2) is 3.88. The molecule has 2 rings (SSSR count). The zero-order chi connectivity index (χ0) is 10.8. The summed E-state index contributed by atoms with van der Waals surface area (Å²) >= 11 is 0. The number of nitrogen functional groups attached to an aromatic ring is 1. The summed E-state index contributed by atoms with van der Waals surface area (Å²) < 4.78 is 1.98. The molecular weight excluding hydrogens is 188 g/mol. The van der Waals surface area contributed by atoms with Gasteiger partial charge in [-0.15, -0.1) is 10.2 Å². The van der Waals surface area contributed by atoms with Gasteiger partial charge in [0, 0.05) is 12.6 Å². The van der Waals surface area contributed by atoms with Crippen molar-refractivity contribution in [2.45, 2.75) is 33.1 Å². The van der Waals surface area contributed by atoms with Crippen LogP contribution in [-0.2, 0) is 6.42 Å². The summed E-state index contributed by atoms with van der Waals surface area (Å²) in [7, 11) is 0. The first-order valence-electron chi connectivity index (χ1n) is 5.32. The van der Waals surface area contributed by atoms with Crippen molar-refractivity contribution < 1.29 is 0 Å². The Morgan fingerprint density at radius 2 is 2.20 bits per heavy atom. The number of pyridine rings is 1. The monoisotopic (exact) mass is 204 g/mol. The number of hydrogen-bond donors (Lipinski definition) is 1. The van der Waals surface area contributed by atoms with E-state index in [-0.39, 0.29) is 0 Å². The van der Waals surface area contributed by atoms with Crippen molar-refractivity contribution in [1.82, 2.24) is 14.6 Å². The number of fused-ring (bicyclic) bond motifs is 1. The molecule has 0 aliphatic carbocycles. The maximum absolute atomic E-state index is 5.94. The Bertz CT molecular complexity index is 473. The molecule has 2 aromatic heterocycles. The highest BCUT2D eigenvalue weighted by Crippen LogP contribution is 2.17. The largest absolute Gasteiger partial charge is 0.395 e. The predicted octanol–water partition coefficient (Wildman–Crippen LogP) is 1.96. The van der Waals surface area contributed by atoms with E-state index in [2.05, 4.69) is 17.1 Å². The molecule has 0 aliphatic rings. The second-order valence-corrected chi connectivity index (χ2v) is 3.83. The summed E-state index contributed by atoms with van der Waals surface area (Å²) in [5.41, 5.74) is 8.50. The van der Waals surface area contributed by atoms with Crippen molar-refractivity contribution in [2.24, 2.45) is 0 Å². The number of hydrogen-bond acceptors (Lipinski definition) is 3. The van der Waals surface area contributed by atoms with Gasteiger partial charge in [0.2, 0.25) is 0 Å². The molecule has 15 heavy (non-hydrogen) atoms. The van der Waals surface area contributed by atoms with Crippen molar-refractivity contribution in [3.05, 3.63) is 23.7 Å². The summed E-state index contributed by atoms with van der Waals surface area (Å²) in [5.74, 6) is 0.999. The lowest BCUT2D eigenvalue weighted by atomic mass is 10.2. The lowest BCUT2D eigenvalue weighted by molar-refractivity contribution is 0.743. The van der Waals surface area contributed by atoms with E-state index in [4.69, 9.17) is 5.73 Å². The number of nitrogens with two attached hydrogens (primary N) is 1. The van der Waals surface area contributed by atoms with Gasteiger partial charge in [0.1, 0.15) is 5.82 Å². The molecule has 2 aromatic rings. The van der Waals surface area contributed by atoms with E-state index in [9.17, 15) is 0 Å². The molecule has 80 valence electrons. The van der Waals surface area contributed by atoms with Gasteiger partial charge >= 0.3 is 0 Å². The van der Waals surface area contributed by atoms with Crippen LogP contribution >= 0.6 is 0 Å². The third-order valence-electron chi connectivity index (χ3n) is 2.66. The minimum Gasteiger partial charge on any atom is -0.395 e. The van der Waals surface area contributed by atoms with E-state index in [1.807, 2.05) is 23.6 Å². The van der Waals surface area contributed by atoms with E-state index >= 15 is 0 Å². The molecule has 2 N–H and O–H groups in total. The molecule has 0 spiro atoms. The van der Waals surface area contributed by atoms with E-state index in [0.29, 0.717) is 0 Å². The number of aryl methyl sites for hydroxylation is 2. The van der Waals surface area contributed by atoms with Gasteiger partial charge in [-0.3, -0.25) is 4.40 Å². The summed E-state index contributed by atoms with van der Waals surface area (Å²) in [6.45, 7) is 4.15. The minimum absolute atomic E-state index is 0.729. The Morgan fingerprint density at radius 3 is 2.93 bits per heavy atom. The van der Waals surface area contributed by atoms with Gasteiger partial charge in [-0.2, -0.15) is 0 Å². The molecule has 0 fully saturated rings. The van der Waals surface area contributed by atoms with Gasteiger partial charge in [0.05, 0.1) is 5.69 Å². The van der Waals surface area contributed by atoms with Crippen LogP contribution in [-0.4, -0.2) is 14.6 Å². The van der Waals surface area contributed by atoms with Crippen molar-refractivity contribution in [3.8, 4) is 0 Å². The predicted molar refractivity (Wildman–Crippen MR) is 60.7 cm³/mol. The maximum Gasteiger partial charge on any atom is 0.184 e. The second-order valence-electron chi connectivity index (χ2n) is 3.83. The molecule has 0 aliphatic heterocycles. The first-order chi connectivity index (χ1) is 7.24. The molecule has 0 aromatic carbocycles. The average Bonchev–Trinajstić information content (AvgIpc) is 2.64. The lowest BCUT2D eigenvalue weighted by Crippen LogP contribution is -1.98. The number of aromatic nitrogens is 3. The molecule has 0 bridgehead atoms. The smallest absolute Gasteiger partial charge is 0.184 e. The van der Waals surface area contributed by atoms with Gasteiger partial charge in [0.25, 0.3) is 0 Å². The number of unbranched alkanes of at least 4 members (excludes halogenated alkanes) is 1. The first-order valence-corrected chi connectivity index (χ1v) is 5.32. The Hall–Kier alpha value is -1.58. The molecule has 0 atom stereocenters. The van der Waals surface area contributed by atoms with Gasteiger partial charge in [0.15, 0.2) is 5.65 Å². The topological polar surface area (TPSA) is 56.2 Å². The summed E-state index contributed by atoms with van der Waals surface area (Å²) in [6, 6.07) is 2.00. The molecule has 4 nitrogen and oxygen atoms in total. The van der Waals surface area contributed by atoms with Gasteiger partial charge in [-0.05, 0) is 25.0 Å². The van der Waals surface area contributed by atoms with Crippen LogP contribution in [0.25, 0.3) is 5.65 Å². The number of nitrogens with zero attached hydrogens (tertiary/aromatic N) is 3. The van der Waals surface area contributed by atoms with Gasteiger partial charge in [-0.25, -0.2) is 0 Å². The Balaban J connectivity index is 2.47. The molecule has 0 saturated carbocycles. The fourth-order valence-corrected chi connectivity index (χ4v) is 1.62. The quantitative estimate of drug-likeness (QED) is 0.831.